The molecule has 3 aromatic carbocycles. The number of hydrogen-bond donors (Lipinski definition) is 2. The Bertz CT molecular complexity index is 1180. The number of rotatable bonds is 8. The van der Waals surface area contributed by atoms with Crippen molar-refractivity contribution in [1.82, 2.24) is 10.2 Å². The Balaban J connectivity index is 1.12. The van der Waals surface area contributed by atoms with Crippen molar-refractivity contribution in [3.63, 3.8) is 0 Å². The highest BCUT2D eigenvalue weighted by atomic mass is 16.3. The monoisotopic (exact) mass is 482 g/mol. The Morgan fingerprint density at radius 2 is 1.58 bits per heavy atom. The lowest BCUT2D eigenvalue weighted by atomic mass is 9.75. The van der Waals surface area contributed by atoms with Crippen LogP contribution in [0.4, 0.5) is 0 Å². The maximum Gasteiger partial charge on any atom is 0.251 e. The number of fused-ring (bicyclic) bond motifs is 3. The van der Waals surface area contributed by atoms with Crippen LogP contribution in [0.5, 0.6) is 0 Å². The number of unbranched alkanes of at least 4 members (excludes halogenated alkanes) is 1. The van der Waals surface area contributed by atoms with Crippen molar-refractivity contribution in [3.8, 4) is 11.1 Å². The smallest absolute Gasteiger partial charge is 0.251 e. The SMILES string of the molecule is Cc1ccc(C(=O)NC2CCN(CCCCC3(CO)c4ccccc4-c4ccccc43)CC2)c(C)c1. The van der Waals surface area contributed by atoms with Crippen molar-refractivity contribution in [3.05, 3.63) is 94.5 Å². The topological polar surface area (TPSA) is 52.6 Å². The van der Waals surface area contributed by atoms with E-state index in [-0.39, 0.29) is 24.0 Å². The van der Waals surface area contributed by atoms with Crippen LogP contribution in [0.25, 0.3) is 11.1 Å². The minimum atomic E-state index is -0.293. The number of amides is 1. The molecule has 0 unspecified atom stereocenters. The maximum atomic E-state index is 12.8. The van der Waals surface area contributed by atoms with Gasteiger partial charge in [0.25, 0.3) is 5.91 Å². The Morgan fingerprint density at radius 3 is 2.19 bits per heavy atom. The van der Waals surface area contributed by atoms with Gasteiger partial charge in [-0.15, -0.1) is 0 Å². The van der Waals surface area contributed by atoms with E-state index in [1.807, 2.05) is 19.1 Å². The van der Waals surface area contributed by atoms with E-state index in [1.54, 1.807) is 0 Å². The summed E-state index contributed by atoms with van der Waals surface area (Å²) in [5.74, 6) is 0.0531. The molecule has 5 rings (SSSR count). The molecule has 1 heterocycles. The van der Waals surface area contributed by atoms with Gasteiger partial charge in [-0.2, -0.15) is 0 Å². The van der Waals surface area contributed by atoms with Crippen LogP contribution in [0.1, 0.15) is 64.7 Å². The molecule has 1 saturated heterocycles. The zero-order chi connectivity index (χ0) is 25.1. The normalized spacial score (nSPS) is 17.0. The molecule has 0 aromatic heterocycles. The molecule has 36 heavy (non-hydrogen) atoms. The molecule has 0 saturated carbocycles. The fourth-order valence-corrected chi connectivity index (χ4v) is 6.33. The van der Waals surface area contributed by atoms with Gasteiger partial charge in [-0.25, -0.2) is 0 Å². The van der Waals surface area contributed by atoms with Crippen LogP contribution in [0.15, 0.2) is 66.7 Å². The standard InChI is InChI=1S/C32H38N2O2/c1-23-13-14-26(24(2)21-23)31(36)33-25-15-19-34(20-16-25)18-8-7-17-32(22-35)29-11-5-3-9-27(29)28-10-4-6-12-30(28)32/h3-6,9-14,21,25,35H,7-8,15-20,22H2,1-2H3,(H,33,36). The summed E-state index contributed by atoms with van der Waals surface area (Å²) in [6.45, 7) is 7.33. The minimum Gasteiger partial charge on any atom is -0.395 e. The maximum absolute atomic E-state index is 12.8. The second-order valence-electron chi connectivity index (χ2n) is 10.7. The first-order valence-corrected chi connectivity index (χ1v) is 13.4. The van der Waals surface area contributed by atoms with E-state index in [1.165, 1.54) is 27.8 Å². The summed E-state index contributed by atoms with van der Waals surface area (Å²) in [6, 6.07) is 23.4. The molecule has 1 aliphatic carbocycles. The average Bonchev–Trinajstić information content (AvgIpc) is 3.18. The van der Waals surface area contributed by atoms with Crippen LogP contribution < -0.4 is 5.32 Å². The molecule has 188 valence electrons. The van der Waals surface area contributed by atoms with Crippen LogP contribution in [0.3, 0.4) is 0 Å². The molecule has 2 aliphatic rings. The predicted molar refractivity (Wildman–Crippen MR) is 146 cm³/mol. The molecule has 1 aliphatic heterocycles. The van der Waals surface area contributed by atoms with Crippen LogP contribution in [-0.2, 0) is 5.41 Å². The van der Waals surface area contributed by atoms with Gasteiger partial charge in [0, 0.05) is 30.1 Å². The molecule has 2 N–H and O–H groups in total. The van der Waals surface area contributed by atoms with E-state index in [2.05, 4.69) is 71.7 Å². The quantitative estimate of drug-likeness (QED) is 0.409. The second-order valence-corrected chi connectivity index (χ2v) is 10.7. The summed E-state index contributed by atoms with van der Waals surface area (Å²) in [7, 11) is 0. The van der Waals surface area contributed by atoms with Crippen LogP contribution in [0, 0.1) is 13.8 Å². The average molecular weight is 483 g/mol. The number of aliphatic hydroxyl groups is 1. The first-order valence-electron chi connectivity index (χ1n) is 13.4. The molecule has 1 amide bonds. The third-order valence-electron chi connectivity index (χ3n) is 8.32. The third-order valence-corrected chi connectivity index (χ3v) is 8.32. The number of carbonyl (C=O) groups excluding carboxylic acids is 1. The van der Waals surface area contributed by atoms with Gasteiger partial charge in [-0.1, -0.05) is 72.6 Å². The fourth-order valence-electron chi connectivity index (χ4n) is 6.33. The van der Waals surface area contributed by atoms with E-state index >= 15 is 0 Å². The van der Waals surface area contributed by atoms with Crippen LogP contribution >= 0.6 is 0 Å². The highest BCUT2D eigenvalue weighted by Gasteiger charge is 2.41. The Labute approximate surface area is 215 Å². The number of nitrogens with one attached hydrogen (secondary N) is 1. The van der Waals surface area contributed by atoms with Crippen molar-refractivity contribution in [2.75, 3.05) is 26.2 Å². The summed E-state index contributed by atoms with van der Waals surface area (Å²) >= 11 is 0. The highest BCUT2D eigenvalue weighted by Crippen LogP contribution is 2.51. The molecule has 1 fully saturated rings. The third kappa shape index (κ3) is 4.72. The van der Waals surface area contributed by atoms with E-state index in [0.29, 0.717) is 0 Å². The number of benzene rings is 3. The van der Waals surface area contributed by atoms with E-state index in [0.717, 1.165) is 62.9 Å². The first-order chi connectivity index (χ1) is 17.5. The lowest BCUT2D eigenvalue weighted by Gasteiger charge is -2.33. The number of likely N-dealkylation sites (tertiary alicyclic amines) is 1. The number of carbonyl (C=O) groups is 1. The van der Waals surface area contributed by atoms with Crippen molar-refractivity contribution >= 4 is 5.91 Å². The van der Waals surface area contributed by atoms with Gasteiger partial charge in [-0.3, -0.25) is 4.79 Å². The molecule has 4 heteroatoms. The van der Waals surface area contributed by atoms with Crippen LogP contribution in [-0.4, -0.2) is 48.2 Å². The summed E-state index contributed by atoms with van der Waals surface area (Å²) < 4.78 is 0. The van der Waals surface area contributed by atoms with Crippen molar-refractivity contribution in [2.45, 2.75) is 57.4 Å². The predicted octanol–water partition coefficient (Wildman–Crippen LogP) is 5.63. The molecule has 3 aromatic rings. The number of nitrogens with zero attached hydrogens (tertiary/aromatic N) is 1. The largest absolute Gasteiger partial charge is 0.395 e. The van der Waals surface area contributed by atoms with Crippen molar-refractivity contribution < 1.29 is 9.90 Å². The number of piperidine rings is 1. The van der Waals surface area contributed by atoms with Gasteiger partial charge < -0.3 is 15.3 Å². The van der Waals surface area contributed by atoms with Crippen LogP contribution in [0.2, 0.25) is 0 Å². The zero-order valence-corrected chi connectivity index (χ0v) is 21.6. The molecular formula is C32H38N2O2. The van der Waals surface area contributed by atoms with Gasteiger partial charge in [0.1, 0.15) is 0 Å². The molecule has 0 radical (unpaired) electrons. The van der Waals surface area contributed by atoms with E-state index in [4.69, 9.17) is 0 Å². The molecule has 0 atom stereocenters. The first kappa shape index (κ1) is 24.7. The Morgan fingerprint density at radius 1 is 0.944 bits per heavy atom. The van der Waals surface area contributed by atoms with E-state index < -0.39 is 0 Å². The number of aliphatic hydroxyl groups excluding tert-OH is 1. The molecule has 4 nitrogen and oxygen atoms in total. The van der Waals surface area contributed by atoms with Gasteiger partial charge in [0.2, 0.25) is 0 Å². The van der Waals surface area contributed by atoms with Crippen molar-refractivity contribution in [1.29, 1.82) is 0 Å². The number of hydrogen-bond acceptors (Lipinski definition) is 3. The Hall–Kier alpha value is -2.95. The molecule has 0 bridgehead atoms. The van der Waals surface area contributed by atoms with Gasteiger partial charge in [0.05, 0.1) is 6.61 Å². The fraction of sp³-hybridized carbons (Fsp3) is 0.406. The summed E-state index contributed by atoms with van der Waals surface area (Å²) in [6.07, 6.45) is 5.15. The minimum absolute atomic E-state index is 0.0531. The number of aryl methyl sites for hydroxylation is 2. The molecule has 0 spiro atoms. The van der Waals surface area contributed by atoms with Crippen molar-refractivity contribution in [2.24, 2.45) is 0 Å². The lowest BCUT2D eigenvalue weighted by molar-refractivity contribution is 0.0909. The molecular weight excluding hydrogens is 444 g/mol. The van der Waals surface area contributed by atoms with E-state index in [9.17, 15) is 9.90 Å². The summed E-state index contributed by atoms with van der Waals surface area (Å²) in [5, 5.41) is 13.9. The van der Waals surface area contributed by atoms with Gasteiger partial charge in [-0.05, 0) is 80.0 Å². The van der Waals surface area contributed by atoms with Gasteiger partial charge >= 0.3 is 0 Å². The lowest BCUT2D eigenvalue weighted by Crippen LogP contribution is -2.45. The highest BCUT2D eigenvalue weighted by molar-refractivity contribution is 5.95. The van der Waals surface area contributed by atoms with Gasteiger partial charge in [0.15, 0.2) is 0 Å². The summed E-state index contributed by atoms with van der Waals surface area (Å²) in [5.41, 5.74) is 7.80. The zero-order valence-electron chi connectivity index (χ0n) is 21.6. The summed E-state index contributed by atoms with van der Waals surface area (Å²) in [4.78, 5) is 15.3. The Kier molecular flexibility index (Phi) is 7.27. The second kappa shape index (κ2) is 10.6.